The van der Waals surface area contributed by atoms with E-state index in [1.165, 1.54) is 11.1 Å². The van der Waals surface area contributed by atoms with Crippen LogP contribution in [0.2, 0.25) is 0 Å². The van der Waals surface area contributed by atoms with Gasteiger partial charge < -0.3 is 19.4 Å². The number of rotatable bonds is 6. The van der Waals surface area contributed by atoms with E-state index in [9.17, 15) is 5.21 Å². The molecule has 0 spiro atoms. The van der Waals surface area contributed by atoms with Crippen molar-refractivity contribution in [1.29, 1.82) is 0 Å². The molecule has 2 heterocycles. The number of benzene rings is 1. The highest BCUT2D eigenvalue weighted by molar-refractivity contribution is 5.85. The largest absolute Gasteiger partial charge is 0.492 e. The van der Waals surface area contributed by atoms with Crippen molar-refractivity contribution >= 4 is 5.71 Å². The molecule has 1 atom stereocenters. The van der Waals surface area contributed by atoms with Gasteiger partial charge in [0.15, 0.2) is 11.5 Å². The van der Waals surface area contributed by atoms with Gasteiger partial charge in [-0.25, -0.2) is 0 Å². The second-order valence-corrected chi connectivity index (χ2v) is 7.15. The van der Waals surface area contributed by atoms with Crippen molar-refractivity contribution < 1.29 is 19.4 Å². The van der Waals surface area contributed by atoms with Gasteiger partial charge in [0.2, 0.25) is 12.5 Å². The van der Waals surface area contributed by atoms with E-state index in [4.69, 9.17) is 14.2 Å². The first-order chi connectivity index (χ1) is 12.5. The fraction of sp³-hybridized carbons (Fsp3) is 0.550. The third-order valence-corrected chi connectivity index (χ3v) is 5.10. The lowest BCUT2D eigenvalue weighted by Gasteiger charge is -2.36. The molecule has 26 heavy (non-hydrogen) atoms. The summed E-state index contributed by atoms with van der Waals surface area (Å²) in [5.74, 6) is 2.18. The van der Waals surface area contributed by atoms with Crippen molar-refractivity contribution in [3.8, 4) is 17.2 Å². The number of likely N-dealkylation sites (N-methyl/N-ethyl adjacent to an activating group) is 1. The molecule has 0 bridgehead atoms. The van der Waals surface area contributed by atoms with Gasteiger partial charge in [0.1, 0.15) is 0 Å². The van der Waals surface area contributed by atoms with Crippen molar-refractivity contribution in [3.05, 3.63) is 28.8 Å². The van der Waals surface area contributed by atoms with Crippen LogP contribution in [0.15, 0.2) is 22.9 Å². The molecule has 0 saturated carbocycles. The van der Waals surface area contributed by atoms with Crippen molar-refractivity contribution in [2.24, 2.45) is 5.16 Å². The van der Waals surface area contributed by atoms with Crippen LogP contribution in [0.25, 0.3) is 0 Å². The quantitative estimate of drug-likeness (QED) is 0.360. The Bertz CT molecular complexity index is 723. The molecule has 1 N–H and O–H groups in total. The standard InChI is InChI=1S/C20H28N2O4/c1-13(2)6-5-7-15(21-23)11-16-18-14(8-9-22(16)3)10-17-19(20(18)24-4)26-12-25-17/h6,10,16,23H,5,7-9,11-12H2,1-4H3/t16-/m1/s1. The lowest BCUT2D eigenvalue weighted by atomic mass is 9.87. The highest BCUT2D eigenvalue weighted by atomic mass is 16.7. The van der Waals surface area contributed by atoms with Crippen molar-refractivity contribution in [2.75, 3.05) is 27.5 Å². The zero-order chi connectivity index (χ0) is 18.7. The highest BCUT2D eigenvalue weighted by Gasteiger charge is 2.34. The Kier molecular flexibility index (Phi) is 5.71. The Morgan fingerprint density at radius 2 is 2.23 bits per heavy atom. The molecule has 142 valence electrons. The summed E-state index contributed by atoms with van der Waals surface area (Å²) < 4.78 is 16.9. The molecule has 6 heteroatoms. The number of ether oxygens (including phenoxy) is 3. The number of hydrogen-bond acceptors (Lipinski definition) is 6. The van der Waals surface area contributed by atoms with Gasteiger partial charge in [0, 0.05) is 24.6 Å². The van der Waals surface area contributed by atoms with E-state index >= 15 is 0 Å². The summed E-state index contributed by atoms with van der Waals surface area (Å²) in [6, 6.07) is 2.15. The van der Waals surface area contributed by atoms with Gasteiger partial charge in [0.05, 0.1) is 12.8 Å². The number of oxime groups is 1. The summed E-state index contributed by atoms with van der Waals surface area (Å²) in [7, 11) is 3.77. The van der Waals surface area contributed by atoms with Crippen LogP contribution < -0.4 is 14.2 Å². The molecular weight excluding hydrogens is 332 g/mol. The first kappa shape index (κ1) is 18.6. The van der Waals surface area contributed by atoms with Crippen LogP contribution >= 0.6 is 0 Å². The van der Waals surface area contributed by atoms with E-state index in [2.05, 4.69) is 43.1 Å². The molecule has 0 radical (unpaired) electrons. The van der Waals surface area contributed by atoms with Crippen LogP contribution in [0.1, 0.15) is 50.3 Å². The minimum Gasteiger partial charge on any atom is -0.492 e. The second-order valence-electron chi connectivity index (χ2n) is 7.15. The fourth-order valence-corrected chi connectivity index (χ4v) is 3.73. The van der Waals surface area contributed by atoms with E-state index < -0.39 is 0 Å². The second kappa shape index (κ2) is 7.99. The molecule has 0 aromatic heterocycles. The molecular formula is C20H28N2O4. The number of nitrogens with zero attached hydrogens (tertiary/aromatic N) is 2. The maximum atomic E-state index is 9.51. The molecule has 0 unspecified atom stereocenters. The average molecular weight is 360 g/mol. The van der Waals surface area contributed by atoms with E-state index in [0.717, 1.165) is 48.6 Å². The van der Waals surface area contributed by atoms with E-state index in [0.29, 0.717) is 12.2 Å². The number of hydrogen-bond donors (Lipinski definition) is 1. The Labute approximate surface area is 155 Å². The van der Waals surface area contributed by atoms with Gasteiger partial charge in [-0.3, -0.25) is 4.90 Å². The zero-order valence-electron chi connectivity index (χ0n) is 16.0. The fourth-order valence-electron chi connectivity index (χ4n) is 3.73. The SMILES string of the molecule is COc1c2c(cc3c1[C@@H](CC(CCC=C(C)C)=NO)N(C)CC3)OCO2. The predicted molar refractivity (Wildman–Crippen MR) is 101 cm³/mol. The summed E-state index contributed by atoms with van der Waals surface area (Å²) in [6.45, 7) is 5.32. The molecule has 0 fully saturated rings. The minimum atomic E-state index is 0.0841. The number of allylic oxidation sites excluding steroid dienone is 2. The average Bonchev–Trinajstić information content (AvgIpc) is 3.08. The minimum absolute atomic E-state index is 0.0841. The van der Waals surface area contributed by atoms with Gasteiger partial charge in [0.25, 0.3) is 0 Å². The first-order valence-electron chi connectivity index (χ1n) is 9.08. The van der Waals surface area contributed by atoms with Gasteiger partial charge in [-0.05, 0) is 51.8 Å². The van der Waals surface area contributed by atoms with E-state index in [1.54, 1.807) is 7.11 Å². The molecule has 1 aromatic carbocycles. The van der Waals surface area contributed by atoms with Gasteiger partial charge in [-0.15, -0.1) is 0 Å². The molecule has 0 saturated heterocycles. The maximum Gasteiger partial charge on any atom is 0.231 e. The van der Waals surface area contributed by atoms with Gasteiger partial charge in [-0.1, -0.05) is 16.8 Å². The lowest BCUT2D eigenvalue weighted by molar-refractivity contribution is 0.170. The van der Waals surface area contributed by atoms with E-state index in [1.807, 2.05) is 0 Å². The van der Waals surface area contributed by atoms with Crippen molar-refractivity contribution in [2.45, 2.75) is 45.6 Å². The smallest absolute Gasteiger partial charge is 0.231 e. The molecule has 3 rings (SSSR count). The van der Waals surface area contributed by atoms with Gasteiger partial charge >= 0.3 is 0 Å². The first-order valence-corrected chi connectivity index (χ1v) is 9.08. The summed E-state index contributed by atoms with van der Waals surface area (Å²) in [5, 5.41) is 13.1. The summed E-state index contributed by atoms with van der Waals surface area (Å²) in [6.07, 6.45) is 5.38. The Morgan fingerprint density at radius 1 is 1.42 bits per heavy atom. The Hall–Kier alpha value is -2.21. The Balaban J connectivity index is 1.90. The molecule has 0 amide bonds. The summed E-state index contributed by atoms with van der Waals surface area (Å²) >= 11 is 0. The van der Waals surface area contributed by atoms with Crippen molar-refractivity contribution in [1.82, 2.24) is 4.90 Å². The molecule has 0 aliphatic carbocycles. The van der Waals surface area contributed by atoms with Crippen LogP contribution in [-0.2, 0) is 6.42 Å². The topological polar surface area (TPSA) is 63.5 Å². The lowest BCUT2D eigenvalue weighted by Crippen LogP contribution is -2.34. The molecule has 1 aromatic rings. The normalized spacial score (nSPS) is 19.2. The van der Waals surface area contributed by atoms with Crippen LogP contribution in [-0.4, -0.2) is 43.3 Å². The summed E-state index contributed by atoms with van der Waals surface area (Å²) in [5.41, 5.74) is 4.41. The predicted octanol–water partition coefficient (Wildman–Crippen LogP) is 3.92. The van der Waals surface area contributed by atoms with Crippen LogP contribution in [0, 0.1) is 0 Å². The number of methoxy groups -OCH3 is 1. The molecule has 2 aliphatic rings. The number of fused-ring (bicyclic) bond motifs is 2. The monoisotopic (exact) mass is 360 g/mol. The third kappa shape index (κ3) is 3.65. The third-order valence-electron chi connectivity index (χ3n) is 5.10. The molecule has 6 nitrogen and oxygen atoms in total. The van der Waals surface area contributed by atoms with Crippen LogP contribution in [0.5, 0.6) is 17.2 Å². The van der Waals surface area contributed by atoms with Crippen LogP contribution in [0.4, 0.5) is 0 Å². The zero-order valence-corrected chi connectivity index (χ0v) is 16.0. The van der Waals surface area contributed by atoms with E-state index in [-0.39, 0.29) is 12.8 Å². The molecule has 2 aliphatic heterocycles. The summed E-state index contributed by atoms with van der Waals surface area (Å²) in [4.78, 5) is 2.29. The maximum absolute atomic E-state index is 9.51. The Morgan fingerprint density at radius 3 is 2.92 bits per heavy atom. The van der Waals surface area contributed by atoms with Gasteiger partial charge in [-0.2, -0.15) is 0 Å². The highest BCUT2D eigenvalue weighted by Crippen LogP contribution is 2.50. The van der Waals surface area contributed by atoms with Crippen molar-refractivity contribution in [3.63, 3.8) is 0 Å². The van der Waals surface area contributed by atoms with Crippen LogP contribution in [0.3, 0.4) is 0 Å².